The van der Waals surface area contributed by atoms with Crippen LogP contribution < -0.4 is 0 Å². The summed E-state index contributed by atoms with van der Waals surface area (Å²) in [6.45, 7) is 8.26. The SMILES string of the molecule is CN1CCC2(CN(S(C)(=O)=O)CC23CCN(C(=O)C(C)(C)C)CC3)C1=O. The lowest BCUT2D eigenvalue weighted by atomic mass is 9.60. The first-order chi connectivity index (χ1) is 11.8. The molecule has 3 rings (SSSR count). The van der Waals surface area contributed by atoms with E-state index in [9.17, 15) is 18.0 Å². The van der Waals surface area contributed by atoms with E-state index in [2.05, 4.69) is 0 Å². The highest BCUT2D eigenvalue weighted by molar-refractivity contribution is 7.88. The van der Waals surface area contributed by atoms with Crippen LogP contribution in [-0.2, 0) is 19.6 Å². The average Bonchev–Trinajstić information content (AvgIpc) is 3.00. The minimum absolute atomic E-state index is 0.0687. The summed E-state index contributed by atoms with van der Waals surface area (Å²) < 4.78 is 25.9. The Morgan fingerprint density at radius 3 is 2.04 bits per heavy atom. The fourth-order valence-corrected chi connectivity index (χ4v) is 6.00. The summed E-state index contributed by atoms with van der Waals surface area (Å²) in [5, 5.41) is 0. The molecule has 26 heavy (non-hydrogen) atoms. The lowest BCUT2D eigenvalue weighted by molar-refractivity contribution is -0.146. The number of carbonyl (C=O) groups is 2. The molecule has 0 aliphatic carbocycles. The molecule has 3 aliphatic rings. The molecule has 3 heterocycles. The minimum Gasteiger partial charge on any atom is -0.345 e. The molecule has 7 nitrogen and oxygen atoms in total. The van der Waals surface area contributed by atoms with Crippen molar-refractivity contribution in [3.63, 3.8) is 0 Å². The molecule has 0 aromatic rings. The van der Waals surface area contributed by atoms with Crippen LogP contribution >= 0.6 is 0 Å². The van der Waals surface area contributed by atoms with Crippen molar-refractivity contribution in [2.75, 3.05) is 46.0 Å². The zero-order chi connectivity index (χ0) is 19.5. The van der Waals surface area contributed by atoms with Gasteiger partial charge < -0.3 is 9.80 Å². The largest absolute Gasteiger partial charge is 0.345 e. The van der Waals surface area contributed by atoms with Gasteiger partial charge in [-0.05, 0) is 19.3 Å². The lowest BCUT2D eigenvalue weighted by Gasteiger charge is -2.47. The third kappa shape index (κ3) is 2.85. The van der Waals surface area contributed by atoms with Crippen molar-refractivity contribution < 1.29 is 18.0 Å². The Morgan fingerprint density at radius 2 is 1.62 bits per heavy atom. The molecular formula is C18H31N3O4S. The summed E-state index contributed by atoms with van der Waals surface area (Å²) in [6.07, 6.45) is 3.28. The molecule has 2 spiro atoms. The Hall–Kier alpha value is -1.15. The van der Waals surface area contributed by atoms with Gasteiger partial charge in [-0.3, -0.25) is 9.59 Å². The number of amides is 2. The second-order valence-corrected chi connectivity index (χ2v) is 11.4. The zero-order valence-corrected chi connectivity index (χ0v) is 17.4. The standard InChI is InChI=1S/C18H31N3O4S/c1-16(2,3)14(22)20-10-6-17(7-11-20)12-21(26(5,24)25)13-18(17)8-9-19(4)15(18)23/h6-13H2,1-5H3. The summed E-state index contributed by atoms with van der Waals surface area (Å²) in [7, 11) is -1.56. The Balaban J connectivity index is 1.90. The van der Waals surface area contributed by atoms with Crippen molar-refractivity contribution in [2.45, 2.75) is 40.0 Å². The maximum absolute atomic E-state index is 13.1. The van der Waals surface area contributed by atoms with Gasteiger partial charge in [0.15, 0.2) is 0 Å². The number of hydrogen-bond acceptors (Lipinski definition) is 4. The van der Waals surface area contributed by atoms with Gasteiger partial charge >= 0.3 is 0 Å². The molecule has 8 heteroatoms. The third-order valence-electron chi connectivity index (χ3n) is 6.69. The van der Waals surface area contributed by atoms with Crippen molar-refractivity contribution >= 4 is 21.8 Å². The first-order valence-corrected chi connectivity index (χ1v) is 11.2. The van der Waals surface area contributed by atoms with Crippen LogP contribution in [0.25, 0.3) is 0 Å². The van der Waals surface area contributed by atoms with E-state index in [4.69, 9.17) is 0 Å². The first-order valence-electron chi connectivity index (χ1n) is 9.33. The van der Waals surface area contributed by atoms with Crippen LogP contribution in [0.2, 0.25) is 0 Å². The van der Waals surface area contributed by atoms with Gasteiger partial charge in [-0.25, -0.2) is 12.7 Å². The number of sulfonamides is 1. The predicted molar refractivity (Wildman–Crippen MR) is 98.8 cm³/mol. The third-order valence-corrected chi connectivity index (χ3v) is 7.89. The van der Waals surface area contributed by atoms with Gasteiger partial charge in [0.1, 0.15) is 0 Å². The molecule has 148 valence electrons. The fourth-order valence-electron chi connectivity index (χ4n) is 5.07. The molecule has 3 fully saturated rings. The molecule has 2 amide bonds. The summed E-state index contributed by atoms with van der Waals surface area (Å²) in [4.78, 5) is 29.3. The van der Waals surface area contributed by atoms with E-state index in [1.165, 1.54) is 10.6 Å². The molecule has 1 atom stereocenters. The van der Waals surface area contributed by atoms with Crippen LogP contribution in [0.4, 0.5) is 0 Å². The van der Waals surface area contributed by atoms with Crippen LogP contribution in [-0.4, -0.2) is 80.4 Å². The average molecular weight is 386 g/mol. The summed E-state index contributed by atoms with van der Waals surface area (Å²) in [6, 6.07) is 0. The van der Waals surface area contributed by atoms with Gasteiger partial charge in [-0.15, -0.1) is 0 Å². The normalized spacial score (nSPS) is 30.0. The molecule has 3 aliphatic heterocycles. The summed E-state index contributed by atoms with van der Waals surface area (Å²) >= 11 is 0. The highest BCUT2D eigenvalue weighted by atomic mass is 32.2. The number of hydrogen-bond donors (Lipinski definition) is 0. The molecule has 1 unspecified atom stereocenters. The monoisotopic (exact) mass is 385 g/mol. The number of piperidine rings is 1. The van der Waals surface area contributed by atoms with Gasteiger partial charge in [0, 0.05) is 50.6 Å². The predicted octanol–water partition coefficient (Wildman–Crippen LogP) is 0.765. The van der Waals surface area contributed by atoms with Gasteiger partial charge in [-0.1, -0.05) is 20.8 Å². The van der Waals surface area contributed by atoms with Gasteiger partial charge in [0.25, 0.3) is 0 Å². The molecule has 0 aromatic carbocycles. The van der Waals surface area contributed by atoms with E-state index in [1.807, 2.05) is 25.7 Å². The van der Waals surface area contributed by atoms with Crippen molar-refractivity contribution in [1.82, 2.24) is 14.1 Å². The summed E-state index contributed by atoms with van der Waals surface area (Å²) in [5.74, 6) is 0.188. The van der Waals surface area contributed by atoms with Gasteiger partial charge in [0.05, 0.1) is 11.7 Å². The molecule has 0 aromatic heterocycles. The smallest absolute Gasteiger partial charge is 0.230 e. The molecule has 0 radical (unpaired) electrons. The van der Waals surface area contributed by atoms with Crippen molar-refractivity contribution in [2.24, 2.45) is 16.2 Å². The number of nitrogens with zero attached hydrogens (tertiary/aromatic N) is 3. The Morgan fingerprint density at radius 1 is 1.04 bits per heavy atom. The Kier molecular flexibility index (Phi) is 4.47. The zero-order valence-electron chi connectivity index (χ0n) is 16.5. The molecular weight excluding hydrogens is 354 g/mol. The lowest BCUT2D eigenvalue weighted by Crippen LogP contribution is -2.54. The highest BCUT2D eigenvalue weighted by Gasteiger charge is 2.66. The topological polar surface area (TPSA) is 78.0 Å². The van der Waals surface area contributed by atoms with E-state index in [-0.39, 0.29) is 23.8 Å². The second kappa shape index (κ2) is 5.92. The van der Waals surface area contributed by atoms with Crippen LogP contribution in [0, 0.1) is 16.2 Å². The van der Waals surface area contributed by atoms with Crippen LogP contribution in [0.15, 0.2) is 0 Å². The first kappa shape index (κ1) is 19.6. The second-order valence-electron chi connectivity index (χ2n) is 9.41. The van der Waals surface area contributed by atoms with Crippen molar-refractivity contribution in [1.29, 1.82) is 0 Å². The Bertz CT molecular complexity index is 719. The maximum atomic E-state index is 13.1. The summed E-state index contributed by atoms with van der Waals surface area (Å²) in [5.41, 5.74) is -1.44. The van der Waals surface area contributed by atoms with E-state index in [1.54, 1.807) is 11.9 Å². The molecule has 0 saturated carbocycles. The van der Waals surface area contributed by atoms with Crippen LogP contribution in [0.1, 0.15) is 40.0 Å². The fraction of sp³-hybridized carbons (Fsp3) is 0.889. The highest BCUT2D eigenvalue weighted by Crippen LogP contribution is 2.58. The van der Waals surface area contributed by atoms with Crippen molar-refractivity contribution in [3.05, 3.63) is 0 Å². The van der Waals surface area contributed by atoms with E-state index in [0.717, 1.165) is 0 Å². The number of fused-ring (bicyclic) bond motifs is 1. The number of carbonyl (C=O) groups excluding carboxylic acids is 2. The van der Waals surface area contributed by atoms with Gasteiger partial charge in [-0.2, -0.15) is 0 Å². The van der Waals surface area contributed by atoms with E-state index in [0.29, 0.717) is 45.4 Å². The number of likely N-dealkylation sites (tertiary alicyclic amines) is 2. The van der Waals surface area contributed by atoms with E-state index >= 15 is 0 Å². The molecule has 0 N–H and O–H groups in total. The minimum atomic E-state index is -3.35. The van der Waals surface area contributed by atoms with Crippen LogP contribution in [0.3, 0.4) is 0 Å². The van der Waals surface area contributed by atoms with Crippen LogP contribution in [0.5, 0.6) is 0 Å². The van der Waals surface area contributed by atoms with E-state index < -0.39 is 20.9 Å². The molecule has 3 saturated heterocycles. The quantitative estimate of drug-likeness (QED) is 0.668. The Labute approximate surface area is 156 Å². The van der Waals surface area contributed by atoms with Crippen molar-refractivity contribution in [3.8, 4) is 0 Å². The molecule has 0 bridgehead atoms. The van der Waals surface area contributed by atoms with Gasteiger partial charge in [0.2, 0.25) is 21.8 Å². The number of rotatable bonds is 1. The maximum Gasteiger partial charge on any atom is 0.230 e.